The summed E-state index contributed by atoms with van der Waals surface area (Å²) in [7, 11) is 0. The van der Waals surface area contributed by atoms with Gasteiger partial charge in [-0.3, -0.25) is 9.59 Å². The fourth-order valence-corrected chi connectivity index (χ4v) is 3.62. The summed E-state index contributed by atoms with van der Waals surface area (Å²) in [5, 5.41) is 0. The molecule has 0 bridgehead atoms. The zero-order chi connectivity index (χ0) is 16.0. The van der Waals surface area contributed by atoms with Crippen LogP contribution in [0.1, 0.15) is 37.7 Å². The number of amides is 1. The third-order valence-electron chi connectivity index (χ3n) is 4.43. The van der Waals surface area contributed by atoms with Gasteiger partial charge in [0.2, 0.25) is 5.91 Å². The average Bonchev–Trinajstić information content (AvgIpc) is 2.55. The molecule has 3 nitrogen and oxygen atoms in total. The average molecular weight is 411 g/mol. The number of Topliss-reactive ketones (excluding diaryl/α,β-unsaturated/α-hetero) is 1. The standard InChI is InChI=1S/C18H22INO2/c1-2-10-18(11-8-16(21)9-12-18)20(17(22)13-19)14-15-6-4-3-5-7-15/h2-7H,1,8-14H2. The molecule has 1 fully saturated rings. The molecule has 1 aliphatic rings. The van der Waals surface area contributed by atoms with Gasteiger partial charge in [-0.15, -0.1) is 6.58 Å². The molecule has 1 amide bonds. The molecule has 0 atom stereocenters. The Hall–Kier alpha value is -1.17. The molecule has 0 unspecified atom stereocenters. The summed E-state index contributed by atoms with van der Waals surface area (Å²) in [5.41, 5.74) is 0.870. The molecule has 4 heteroatoms. The molecule has 0 N–H and O–H groups in total. The summed E-state index contributed by atoms with van der Waals surface area (Å²) in [6.07, 6.45) is 5.24. The van der Waals surface area contributed by atoms with Crippen LogP contribution in [0.2, 0.25) is 0 Å². The van der Waals surface area contributed by atoms with E-state index in [0.717, 1.165) is 24.8 Å². The van der Waals surface area contributed by atoms with Gasteiger partial charge in [-0.25, -0.2) is 0 Å². The van der Waals surface area contributed by atoms with Crippen molar-refractivity contribution in [2.45, 2.75) is 44.2 Å². The predicted molar refractivity (Wildman–Crippen MR) is 96.9 cm³/mol. The predicted octanol–water partition coefficient (Wildman–Crippen LogP) is 3.91. The second-order valence-corrected chi connectivity index (χ2v) is 6.62. The van der Waals surface area contributed by atoms with Crippen LogP contribution in [0.5, 0.6) is 0 Å². The zero-order valence-corrected chi connectivity index (χ0v) is 14.9. The fourth-order valence-electron chi connectivity index (χ4n) is 3.21. The minimum absolute atomic E-state index is 0.139. The molecule has 0 spiro atoms. The van der Waals surface area contributed by atoms with Gasteiger partial charge < -0.3 is 4.90 Å². The Bertz CT molecular complexity index is 531. The van der Waals surface area contributed by atoms with E-state index >= 15 is 0 Å². The Morgan fingerprint density at radius 2 is 1.91 bits per heavy atom. The van der Waals surface area contributed by atoms with Crippen LogP contribution in [0.15, 0.2) is 43.0 Å². The van der Waals surface area contributed by atoms with E-state index in [1.54, 1.807) is 0 Å². The van der Waals surface area contributed by atoms with Crippen molar-refractivity contribution in [3.05, 3.63) is 48.6 Å². The molecule has 1 aromatic carbocycles. The monoisotopic (exact) mass is 411 g/mol. The molecule has 0 heterocycles. The first-order valence-corrected chi connectivity index (χ1v) is 9.17. The largest absolute Gasteiger partial charge is 0.332 e. The fraction of sp³-hybridized carbons (Fsp3) is 0.444. The normalized spacial score (nSPS) is 17.0. The highest BCUT2D eigenvalue weighted by Crippen LogP contribution is 2.37. The van der Waals surface area contributed by atoms with E-state index in [4.69, 9.17) is 0 Å². The Morgan fingerprint density at radius 3 is 2.45 bits per heavy atom. The molecule has 1 aliphatic carbocycles. The van der Waals surface area contributed by atoms with Crippen molar-refractivity contribution in [3.63, 3.8) is 0 Å². The summed E-state index contributed by atoms with van der Waals surface area (Å²) in [4.78, 5) is 26.2. The lowest BCUT2D eigenvalue weighted by Gasteiger charge is -2.46. The van der Waals surface area contributed by atoms with Crippen LogP contribution >= 0.6 is 22.6 Å². The summed E-state index contributed by atoms with van der Waals surface area (Å²) in [6, 6.07) is 10.1. The summed E-state index contributed by atoms with van der Waals surface area (Å²) in [5.74, 6) is 0.446. The van der Waals surface area contributed by atoms with Gasteiger partial charge in [0.15, 0.2) is 0 Å². The van der Waals surface area contributed by atoms with Crippen molar-refractivity contribution in [1.82, 2.24) is 4.90 Å². The van der Waals surface area contributed by atoms with Gasteiger partial charge in [0.1, 0.15) is 5.78 Å². The van der Waals surface area contributed by atoms with Crippen LogP contribution in [-0.2, 0) is 16.1 Å². The van der Waals surface area contributed by atoms with Crippen LogP contribution < -0.4 is 0 Å². The van der Waals surface area contributed by atoms with Gasteiger partial charge in [0.05, 0.1) is 4.43 Å². The molecule has 1 saturated carbocycles. The molecular formula is C18H22INO2. The molecule has 0 saturated heterocycles. The molecular weight excluding hydrogens is 389 g/mol. The summed E-state index contributed by atoms with van der Waals surface area (Å²) in [6.45, 7) is 4.47. The number of nitrogens with zero attached hydrogens (tertiary/aromatic N) is 1. The SMILES string of the molecule is C=CCC1(N(Cc2ccccc2)C(=O)CI)CCC(=O)CC1. The number of rotatable bonds is 6. The number of alkyl halides is 1. The van der Waals surface area contributed by atoms with Crippen molar-refractivity contribution in [2.24, 2.45) is 0 Å². The quantitative estimate of drug-likeness (QED) is 0.405. The maximum absolute atomic E-state index is 12.6. The number of ketones is 1. The smallest absolute Gasteiger partial charge is 0.233 e. The second kappa shape index (κ2) is 7.90. The maximum Gasteiger partial charge on any atom is 0.233 e. The lowest BCUT2D eigenvalue weighted by atomic mass is 9.77. The lowest BCUT2D eigenvalue weighted by Crippen LogP contribution is -2.53. The van der Waals surface area contributed by atoms with E-state index in [1.165, 1.54) is 0 Å². The van der Waals surface area contributed by atoms with Crippen molar-refractivity contribution in [2.75, 3.05) is 4.43 Å². The topological polar surface area (TPSA) is 37.4 Å². The number of carbonyl (C=O) groups is 2. The highest BCUT2D eigenvalue weighted by atomic mass is 127. The van der Waals surface area contributed by atoms with E-state index in [9.17, 15) is 9.59 Å². The van der Waals surface area contributed by atoms with Crippen LogP contribution in [0, 0.1) is 0 Å². The highest BCUT2D eigenvalue weighted by molar-refractivity contribution is 14.1. The van der Waals surface area contributed by atoms with E-state index in [2.05, 4.69) is 29.2 Å². The third-order valence-corrected chi connectivity index (χ3v) is 5.09. The van der Waals surface area contributed by atoms with Gasteiger partial charge in [-0.1, -0.05) is 59.0 Å². The minimum Gasteiger partial charge on any atom is -0.332 e. The molecule has 22 heavy (non-hydrogen) atoms. The maximum atomic E-state index is 12.6. The Kier molecular flexibility index (Phi) is 6.17. The summed E-state index contributed by atoms with van der Waals surface area (Å²) < 4.78 is 0.456. The van der Waals surface area contributed by atoms with Crippen molar-refractivity contribution >= 4 is 34.3 Å². The second-order valence-electron chi connectivity index (χ2n) is 5.85. The minimum atomic E-state index is -0.256. The number of carbonyl (C=O) groups excluding carboxylic acids is 2. The Morgan fingerprint density at radius 1 is 1.27 bits per heavy atom. The van der Waals surface area contributed by atoms with Gasteiger partial charge in [-0.2, -0.15) is 0 Å². The first kappa shape index (κ1) is 17.2. The van der Waals surface area contributed by atoms with E-state index in [-0.39, 0.29) is 11.4 Å². The number of benzene rings is 1. The van der Waals surface area contributed by atoms with E-state index < -0.39 is 0 Å². The van der Waals surface area contributed by atoms with Crippen LogP contribution in [0.25, 0.3) is 0 Å². The van der Waals surface area contributed by atoms with Crippen LogP contribution in [-0.4, -0.2) is 26.6 Å². The lowest BCUT2D eigenvalue weighted by molar-refractivity contribution is -0.139. The van der Waals surface area contributed by atoms with Crippen molar-refractivity contribution in [1.29, 1.82) is 0 Å². The first-order chi connectivity index (χ1) is 10.6. The van der Waals surface area contributed by atoms with Gasteiger partial charge in [0, 0.05) is 24.9 Å². The van der Waals surface area contributed by atoms with Crippen LogP contribution in [0.4, 0.5) is 0 Å². The van der Waals surface area contributed by atoms with Crippen LogP contribution in [0.3, 0.4) is 0 Å². The van der Waals surface area contributed by atoms with E-state index in [1.807, 2.05) is 41.3 Å². The Balaban J connectivity index is 2.30. The molecule has 0 aliphatic heterocycles. The molecule has 118 valence electrons. The van der Waals surface area contributed by atoms with Crippen molar-refractivity contribution in [3.8, 4) is 0 Å². The van der Waals surface area contributed by atoms with Gasteiger partial charge in [-0.05, 0) is 24.8 Å². The number of hydrogen-bond donors (Lipinski definition) is 0. The molecule has 1 aromatic rings. The van der Waals surface area contributed by atoms with E-state index in [0.29, 0.717) is 29.6 Å². The van der Waals surface area contributed by atoms with Crippen molar-refractivity contribution < 1.29 is 9.59 Å². The molecule has 2 rings (SSSR count). The number of hydrogen-bond acceptors (Lipinski definition) is 2. The first-order valence-electron chi connectivity index (χ1n) is 7.64. The zero-order valence-electron chi connectivity index (χ0n) is 12.8. The molecule has 0 aromatic heterocycles. The van der Waals surface area contributed by atoms with Gasteiger partial charge >= 0.3 is 0 Å². The third kappa shape index (κ3) is 3.97. The number of halogens is 1. The van der Waals surface area contributed by atoms with Gasteiger partial charge in [0.25, 0.3) is 0 Å². The molecule has 0 radical (unpaired) electrons. The summed E-state index contributed by atoms with van der Waals surface area (Å²) >= 11 is 2.12. The highest BCUT2D eigenvalue weighted by Gasteiger charge is 2.41. The Labute approximate surface area is 145 Å².